The third-order valence-corrected chi connectivity index (χ3v) is 3.23. The fourth-order valence-corrected chi connectivity index (χ4v) is 1.98. The zero-order valence-corrected chi connectivity index (χ0v) is 14.0. The first-order valence-electron chi connectivity index (χ1n) is 7.48. The van der Waals surface area contributed by atoms with Gasteiger partial charge in [0.2, 0.25) is 0 Å². The fourth-order valence-electron chi connectivity index (χ4n) is 1.98. The van der Waals surface area contributed by atoms with E-state index in [0.29, 0.717) is 0 Å². The number of carboxylic acids is 1. The van der Waals surface area contributed by atoms with E-state index in [4.69, 9.17) is 5.11 Å². The molecule has 0 atom stereocenters. The van der Waals surface area contributed by atoms with Crippen molar-refractivity contribution in [3.63, 3.8) is 0 Å². The van der Waals surface area contributed by atoms with Crippen LogP contribution in [0, 0.1) is 10.1 Å². The number of carboxylic acid groups (broad SMARTS) is 1. The number of rotatable bonds is 6. The molecule has 0 saturated carbocycles. The van der Waals surface area contributed by atoms with Gasteiger partial charge in [0, 0.05) is 17.8 Å². The molecule has 0 bridgehead atoms. The minimum atomic E-state index is -1.15. The number of allylic oxidation sites excluding steroid dienone is 1. The van der Waals surface area contributed by atoms with E-state index in [1.54, 1.807) is 0 Å². The van der Waals surface area contributed by atoms with Crippen molar-refractivity contribution in [1.29, 1.82) is 0 Å². The van der Waals surface area contributed by atoms with Crippen LogP contribution in [0.5, 0.6) is 0 Å². The second-order valence-corrected chi connectivity index (χ2v) is 5.25. The first-order valence-corrected chi connectivity index (χ1v) is 7.48. The maximum atomic E-state index is 12.3. The van der Waals surface area contributed by atoms with E-state index >= 15 is 0 Å². The Kier molecular flexibility index (Phi) is 5.94. The zero-order chi connectivity index (χ0) is 20.0. The summed E-state index contributed by atoms with van der Waals surface area (Å²) in [5, 5.41) is 39.2. The molecule has 2 rings (SSSR count). The normalized spacial score (nSPS) is 11.7. The van der Waals surface area contributed by atoms with Gasteiger partial charge < -0.3 is 15.5 Å². The number of nitrogens with zero attached hydrogens (tertiary/aromatic N) is 3. The van der Waals surface area contributed by atoms with Crippen LogP contribution in [0.1, 0.15) is 17.3 Å². The number of aromatic carboxylic acids is 1. The van der Waals surface area contributed by atoms with Crippen molar-refractivity contribution in [3.05, 3.63) is 75.7 Å². The van der Waals surface area contributed by atoms with Crippen LogP contribution in [0.2, 0.25) is 0 Å². The maximum Gasteiger partial charge on any atom is 0.335 e. The van der Waals surface area contributed by atoms with E-state index in [-0.39, 0.29) is 22.6 Å². The number of hydrogen-bond acceptors (Lipinski definition) is 7. The predicted molar refractivity (Wildman–Crippen MR) is 95.0 cm³/mol. The highest BCUT2D eigenvalue weighted by Crippen LogP contribution is 2.20. The van der Waals surface area contributed by atoms with Crippen LogP contribution in [0.3, 0.4) is 0 Å². The lowest BCUT2D eigenvalue weighted by molar-refractivity contribution is -0.384. The predicted octanol–water partition coefficient (Wildman–Crippen LogP) is 3.80. The van der Waals surface area contributed by atoms with Crippen LogP contribution in [0.4, 0.5) is 17.1 Å². The Balaban J connectivity index is 2.23. The lowest BCUT2D eigenvalue weighted by Crippen LogP contribution is -2.14. The van der Waals surface area contributed by atoms with E-state index in [1.807, 2.05) is 0 Å². The Bertz CT molecular complexity index is 963. The van der Waals surface area contributed by atoms with Gasteiger partial charge in [-0.3, -0.25) is 14.9 Å². The summed E-state index contributed by atoms with van der Waals surface area (Å²) in [5.74, 6) is -2.42. The van der Waals surface area contributed by atoms with Crippen molar-refractivity contribution in [2.75, 3.05) is 5.32 Å². The van der Waals surface area contributed by atoms with E-state index < -0.39 is 28.3 Å². The summed E-state index contributed by atoms with van der Waals surface area (Å²) >= 11 is 0. The number of non-ortho nitro benzene ring substituents is 1. The highest BCUT2D eigenvalue weighted by Gasteiger charge is 2.15. The van der Waals surface area contributed by atoms with Crippen LogP contribution in [-0.2, 0) is 4.79 Å². The monoisotopic (exact) mass is 370 g/mol. The van der Waals surface area contributed by atoms with Crippen molar-refractivity contribution in [2.24, 2.45) is 10.2 Å². The van der Waals surface area contributed by atoms with Crippen molar-refractivity contribution >= 4 is 28.9 Å². The number of azo groups is 1. The standard InChI is InChI=1S/C17H14N4O6/c1-10(22)15(20-19-13-6-2-4-11(8-13)17(24)25)16(23)18-12-5-3-7-14(9-12)21(26)27/h2-9,22H,1H3,(H,18,23)(H,24,25). The van der Waals surface area contributed by atoms with Crippen molar-refractivity contribution in [2.45, 2.75) is 6.92 Å². The van der Waals surface area contributed by atoms with E-state index in [0.717, 1.165) is 6.07 Å². The highest BCUT2D eigenvalue weighted by atomic mass is 16.6. The summed E-state index contributed by atoms with van der Waals surface area (Å²) < 4.78 is 0. The lowest BCUT2D eigenvalue weighted by Gasteiger charge is -2.05. The Hall–Kier alpha value is -4.08. The summed E-state index contributed by atoms with van der Waals surface area (Å²) in [7, 11) is 0. The van der Waals surface area contributed by atoms with Gasteiger partial charge in [-0.25, -0.2) is 4.79 Å². The molecule has 10 nitrogen and oxygen atoms in total. The third-order valence-electron chi connectivity index (χ3n) is 3.23. The number of nitrogens with one attached hydrogen (secondary N) is 1. The summed E-state index contributed by atoms with van der Waals surface area (Å²) in [4.78, 5) is 33.4. The molecule has 138 valence electrons. The molecule has 0 aliphatic carbocycles. The number of hydrogen-bond donors (Lipinski definition) is 3. The number of benzene rings is 2. The molecular weight excluding hydrogens is 356 g/mol. The van der Waals surface area contributed by atoms with Gasteiger partial charge in [0.1, 0.15) is 5.76 Å². The fraction of sp³-hybridized carbons (Fsp3) is 0.0588. The van der Waals surface area contributed by atoms with Gasteiger partial charge in [-0.05, 0) is 31.2 Å². The van der Waals surface area contributed by atoms with Gasteiger partial charge in [0.25, 0.3) is 11.6 Å². The number of carbonyl (C=O) groups is 2. The third kappa shape index (κ3) is 5.19. The molecule has 0 aromatic heterocycles. The molecule has 0 heterocycles. The van der Waals surface area contributed by atoms with Gasteiger partial charge >= 0.3 is 5.97 Å². The quantitative estimate of drug-likeness (QED) is 0.231. The maximum absolute atomic E-state index is 12.3. The number of nitro benzene ring substituents is 1. The molecule has 0 aliphatic heterocycles. The highest BCUT2D eigenvalue weighted by molar-refractivity contribution is 6.03. The zero-order valence-electron chi connectivity index (χ0n) is 14.0. The Labute approximate surface area is 152 Å². The smallest absolute Gasteiger partial charge is 0.335 e. The van der Waals surface area contributed by atoms with Gasteiger partial charge in [-0.2, -0.15) is 5.11 Å². The van der Waals surface area contributed by atoms with Crippen molar-refractivity contribution in [1.82, 2.24) is 0 Å². The number of aliphatic hydroxyl groups excluding tert-OH is 1. The van der Waals surface area contributed by atoms with Crippen molar-refractivity contribution < 1.29 is 24.7 Å². The number of anilines is 1. The average molecular weight is 370 g/mol. The molecule has 0 unspecified atom stereocenters. The molecule has 0 radical (unpaired) electrons. The molecule has 2 aromatic rings. The molecular formula is C17H14N4O6. The second-order valence-electron chi connectivity index (χ2n) is 5.25. The van der Waals surface area contributed by atoms with Gasteiger partial charge in [0.15, 0.2) is 5.70 Å². The Morgan fingerprint density at radius 1 is 1.11 bits per heavy atom. The topological polar surface area (TPSA) is 154 Å². The number of amides is 1. The molecule has 3 N–H and O–H groups in total. The minimum Gasteiger partial charge on any atom is -0.510 e. The second kappa shape index (κ2) is 8.34. The Morgan fingerprint density at radius 2 is 1.81 bits per heavy atom. The molecule has 0 spiro atoms. The summed E-state index contributed by atoms with van der Waals surface area (Å²) in [6.07, 6.45) is 0. The largest absolute Gasteiger partial charge is 0.510 e. The van der Waals surface area contributed by atoms with Crippen LogP contribution < -0.4 is 5.32 Å². The molecule has 27 heavy (non-hydrogen) atoms. The van der Waals surface area contributed by atoms with E-state index in [9.17, 15) is 24.8 Å². The van der Waals surface area contributed by atoms with Gasteiger partial charge in [0.05, 0.1) is 16.2 Å². The van der Waals surface area contributed by atoms with Crippen LogP contribution >= 0.6 is 0 Å². The van der Waals surface area contributed by atoms with E-state index in [1.165, 1.54) is 49.4 Å². The molecule has 10 heteroatoms. The van der Waals surface area contributed by atoms with Crippen LogP contribution in [0.25, 0.3) is 0 Å². The lowest BCUT2D eigenvalue weighted by atomic mass is 10.2. The minimum absolute atomic E-state index is 0.0150. The van der Waals surface area contributed by atoms with Gasteiger partial charge in [-0.1, -0.05) is 12.1 Å². The summed E-state index contributed by atoms with van der Waals surface area (Å²) in [5.41, 5.74) is -0.361. The van der Waals surface area contributed by atoms with Crippen LogP contribution in [0.15, 0.2) is 70.2 Å². The summed E-state index contributed by atoms with van der Waals surface area (Å²) in [6.45, 7) is 1.22. The molecule has 0 fully saturated rings. The van der Waals surface area contributed by atoms with E-state index in [2.05, 4.69) is 15.5 Å². The average Bonchev–Trinajstić information content (AvgIpc) is 2.62. The Morgan fingerprint density at radius 3 is 2.44 bits per heavy atom. The number of nitro groups is 1. The molecule has 2 aromatic carbocycles. The number of carbonyl (C=O) groups excluding carboxylic acids is 1. The van der Waals surface area contributed by atoms with Crippen molar-refractivity contribution in [3.8, 4) is 0 Å². The first-order chi connectivity index (χ1) is 12.8. The van der Waals surface area contributed by atoms with Crippen LogP contribution in [-0.4, -0.2) is 27.0 Å². The SMILES string of the molecule is CC(O)=C(N=Nc1cccc(C(=O)O)c1)C(=O)Nc1cccc([N+](=O)[O-])c1. The first kappa shape index (κ1) is 19.2. The molecule has 0 saturated heterocycles. The van der Waals surface area contributed by atoms with Gasteiger partial charge in [-0.15, -0.1) is 5.11 Å². The number of aliphatic hydroxyl groups is 1. The summed E-state index contributed by atoms with van der Waals surface area (Å²) in [6, 6.07) is 10.8. The molecule has 1 amide bonds. The molecule has 0 aliphatic rings.